The Bertz CT molecular complexity index is 401. The molecule has 3 heteroatoms. The predicted molar refractivity (Wildman–Crippen MR) is 64.3 cm³/mol. The van der Waals surface area contributed by atoms with Crippen molar-refractivity contribution >= 4 is 11.8 Å². The van der Waals surface area contributed by atoms with Gasteiger partial charge in [0, 0.05) is 12.3 Å². The molecule has 1 saturated carbocycles. The van der Waals surface area contributed by atoms with Gasteiger partial charge in [-0.15, -0.1) is 0 Å². The Balaban J connectivity index is 2.46. The van der Waals surface area contributed by atoms with Crippen molar-refractivity contribution in [2.75, 3.05) is 7.11 Å². The highest BCUT2D eigenvalue weighted by Gasteiger charge is 2.83. The normalized spacial score (nSPS) is 31.4. The van der Waals surface area contributed by atoms with Crippen molar-refractivity contribution in [3.63, 3.8) is 0 Å². The minimum absolute atomic E-state index is 0.0209. The largest absolute Gasteiger partial charge is 0.469 e. The zero-order chi connectivity index (χ0) is 13.1. The highest BCUT2D eigenvalue weighted by molar-refractivity contribution is 5.95. The van der Waals surface area contributed by atoms with Gasteiger partial charge < -0.3 is 4.74 Å². The van der Waals surface area contributed by atoms with E-state index >= 15 is 0 Å². The molecule has 0 aliphatic heterocycles. The van der Waals surface area contributed by atoms with Gasteiger partial charge in [0.15, 0.2) is 5.78 Å². The summed E-state index contributed by atoms with van der Waals surface area (Å²) in [6, 6.07) is 0. The molecule has 1 fully saturated rings. The first-order valence-electron chi connectivity index (χ1n) is 6.03. The van der Waals surface area contributed by atoms with Crippen molar-refractivity contribution in [1.82, 2.24) is 0 Å². The van der Waals surface area contributed by atoms with Gasteiger partial charge in [-0.2, -0.15) is 0 Å². The number of carbonyl (C=O) groups excluding carboxylic acids is 2. The Labute approximate surface area is 102 Å². The summed E-state index contributed by atoms with van der Waals surface area (Å²) in [4.78, 5) is 23.7. The third kappa shape index (κ3) is 1.12. The number of carbonyl (C=O) groups is 2. The third-order valence-corrected chi connectivity index (χ3v) is 5.47. The van der Waals surface area contributed by atoms with Gasteiger partial charge in [0.1, 0.15) is 0 Å². The first kappa shape index (κ1) is 12.3. The van der Waals surface area contributed by atoms with Crippen LogP contribution in [0.25, 0.3) is 0 Å². The summed E-state index contributed by atoms with van der Waals surface area (Å²) in [6.45, 7) is 8.34. The van der Waals surface area contributed by atoms with Crippen molar-refractivity contribution in [3.05, 3.63) is 12.2 Å². The zero-order valence-corrected chi connectivity index (χ0v) is 11.2. The molecule has 1 atom stereocenters. The van der Waals surface area contributed by atoms with Gasteiger partial charge in [-0.3, -0.25) is 9.59 Å². The van der Waals surface area contributed by atoms with E-state index in [9.17, 15) is 9.59 Å². The van der Waals surface area contributed by atoms with E-state index in [2.05, 4.69) is 27.7 Å². The summed E-state index contributed by atoms with van der Waals surface area (Å²) in [6.07, 6.45) is 3.91. The maximum atomic E-state index is 12.3. The van der Waals surface area contributed by atoms with E-state index in [-0.39, 0.29) is 28.5 Å². The number of ketones is 1. The molecule has 94 valence electrons. The van der Waals surface area contributed by atoms with Crippen LogP contribution in [0, 0.1) is 22.2 Å². The molecule has 0 bridgehead atoms. The molecule has 2 aliphatic carbocycles. The number of hydrogen-bond acceptors (Lipinski definition) is 3. The van der Waals surface area contributed by atoms with Gasteiger partial charge in [-0.25, -0.2) is 0 Å². The van der Waals surface area contributed by atoms with Gasteiger partial charge in [0.05, 0.1) is 12.5 Å². The van der Waals surface area contributed by atoms with Crippen LogP contribution in [0.4, 0.5) is 0 Å². The predicted octanol–water partition coefficient (Wildman–Crippen LogP) is 2.36. The fourth-order valence-corrected chi connectivity index (χ4v) is 3.98. The van der Waals surface area contributed by atoms with E-state index in [1.807, 2.05) is 6.08 Å². The van der Waals surface area contributed by atoms with Crippen molar-refractivity contribution in [3.8, 4) is 0 Å². The standard InChI is InChI=1S/C14H20O3/c1-12(2)13(3,4)14(12,11(16)17-5)9-6-7-10(15)8-9/h6-7,9H,8H2,1-5H3. The van der Waals surface area contributed by atoms with Gasteiger partial charge in [0.2, 0.25) is 0 Å². The lowest BCUT2D eigenvalue weighted by atomic mass is 9.80. The summed E-state index contributed by atoms with van der Waals surface area (Å²) < 4.78 is 5.01. The van der Waals surface area contributed by atoms with Gasteiger partial charge in [0.25, 0.3) is 0 Å². The molecule has 2 aliphatic rings. The van der Waals surface area contributed by atoms with Crippen LogP contribution < -0.4 is 0 Å². The quantitative estimate of drug-likeness (QED) is 0.691. The van der Waals surface area contributed by atoms with Crippen LogP contribution in [0.5, 0.6) is 0 Å². The van der Waals surface area contributed by atoms with Crippen molar-refractivity contribution in [2.24, 2.45) is 22.2 Å². The van der Waals surface area contributed by atoms with Gasteiger partial charge >= 0.3 is 5.97 Å². The minimum Gasteiger partial charge on any atom is -0.469 e. The maximum absolute atomic E-state index is 12.3. The SMILES string of the molecule is COC(=O)C1(C2C=CC(=O)C2)C(C)(C)C1(C)C. The molecule has 0 saturated heterocycles. The molecule has 0 amide bonds. The van der Waals surface area contributed by atoms with Crippen LogP contribution in [0.2, 0.25) is 0 Å². The van der Waals surface area contributed by atoms with Crippen LogP contribution in [0.1, 0.15) is 34.1 Å². The highest BCUT2D eigenvalue weighted by Crippen LogP contribution is 2.81. The molecule has 0 aromatic carbocycles. The lowest BCUT2D eigenvalue weighted by molar-refractivity contribution is -0.151. The summed E-state index contributed by atoms with van der Waals surface area (Å²) in [5.41, 5.74) is -0.850. The van der Waals surface area contributed by atoms with Crippen molar-refractivity contribution in [1.29, 1.82) is 0 Å². The minimum atomic E-state index is -0.558. The Morgan fingerprint density at radius 2 is 1.82 bits per heavy atom. The molecule has 1 unspecified atom stereocenters. The maximum Gasteiger partial charge on any atom is 0.313 e. The van der Waals surface area contributed by atoms with Crippen molar-refractivity contribution < 1.29 is 14.3 Å². The topological polar surface area (TPSA) is 43.4 Å². The van der Waals surface area contributed by atoms with E-state index in [1.54, 1.807) is 6.08 Å². The van der Waals surface area contributed by atoms with E-state index in [0.29, 0.717) is 6.42 Å². The van der Waals surface area contributed by atoms with Crippen molar-refractivity contribution in [2.45, 2.75) is 34.1 Å². The van der Waals surface area contributed by atoms with Crippen LogP contribution in [0.15, 0.2) is 12.2 Å². The fraction of sp³-hybridized carbons (Fsp3) is 0.714. The van der Waals surface area contributed by atoms with E-state index in [4.69, 9.17) is 4.74 Å². The molecule has 0 aromatic heterocycles. The number of rotatable bonds is 2. The Morgan fingerprint density at radius 3 is 2.12 bits per heavy atom. The molecular formula is C14H20O3. The average Bonchev–Trinajstić information content (AvgIpc) is 2.57. The second kappa shape index (κ2) is 3.21. The number of methoxy groups -OCH3 is 1. The number of esters is 1. The highest BCUT2D eigenvalue weighted by atomic mass is 16.5. The lowest BCUT2D eigenvalue weighted by Crippen LogP contribution is -2.32. The third-order valence-electron chi connectivity index (χ3n) is 5.47. The van der Waals surface area contributed by atoms with Crippen LogP contribution in [-0.2, 0) is 14.3 Å². The summed E-state index contributed by atoms with van der Waals surface area (Å²) in [5.74, 6) is -0.0962. The van der Waals surface area contributed by atoms with Crippen LogP contribution >= 0.6 is 0 Å². The first-order valence-corrected chi connectivity index (χ1v) is 6.03. The second-order valence-corrected chi connectivity index (χ2v) is 6.19. The summed E-state index contributed by atoms with van der Waals surface area (Å²) in [5, 5.41) is 0. The van der Waals surface area contributed by atoms with E-state index < -0.39 is 5.41 Å². The number of ether oxygens (including phenoxy) is 1. The monoisotopic (exact) mass is 236 g/mol. The average molecular weight is 236 g/mol. The smallest absolute Gasteiger partial charge is 0.313 e. The molecular weight excluding hydrogens is 216 g/mol. The molecule has 17 heavy (non-hydrogen) atoms. The number of hydrogen-bond donors (Lipinski definition) is 0. The lowest BCUT2D eigenvalue weighted by Gasteiger charge is -2.24. The Kier molecular flexibility index (Phi) is 2.33. The van der Waals surface area contributed by atoms with E-state index in [0.717, 1.165) is 0 Å². The fourth-order valence-electron chi connectivity index (χ4n) is 3.98. The molecule has 0 aromatic rings. The molecule has 0 N–H and O–H groups in total. The number of allylic oxidation sites excluding steroid dienone is 2. The Hall–Kier alpha value is -1.12. The van der Waals surface area contributed by atoms with Crippen LogP contribution in [-0.4, -0.2) is 18.9 Å². The molecule has 0 spiro atoms. The van der Waals surface area contributed by atoms with Gasteiger partial charge in [-0.1, -0.05) is 33.8 Å². The molecule has 2 rings (SSSR count). The molecule has 3 nitrogen and oxygen atoms in total. The Morgan fingerprint density at radius 1 is 1.29 bits per heavy atom. The molecule has 0 radical (unpaired) electrons. The van der Waals surface area contributed by atoms with Crippen LogP contribution in [0.3, 0.4) is 0 Å². The zero-order valence-electron chi connectivity index (χ0n) is 11.2. The first-order chi connectivity index (χ1) is 7.73. The van der Waals surface area contributed by atoms with Gasteiger partial charge in [-0.05, 0) is 16.9 Å². The molecule has 0 heterocycles. The summed E-state index contributed by atoms with van der Waals surface area (Å²) >= 11 is 0. The second-order valence-electron chi connectivity index (χ2n) is 6.19. The summed E-state index contributed by atoms with van der Waals surface area (Å²) in [7, 11) is 1.43. The van der Waals surface area contributed by atoms with E-state index in [1.165, 1.54) is 7.11 Å².